The van der Waals surface area contributed by atoms with E-state index in [-0.39, 0.29) is 30.0 Å². The van der Waals surface area contributed by atoms with Gasteiger partial charge in [-0.15, -0.1) is 0 Å². The minimum atomic E-state index is -0.489. The molecule has 7 heteroatoms. The smallest absolute Gasteiger partial charge is 0.254 e. The van der Waals surface area contributed by atoms with E-state index in [1.54, 1.807) is 18.1 Å². The zero-order chi connectivity index (χ0) is 26.4. The van der Waals surface area contributed by atoms with Crippen LogP contribution in [-0.2, 0) is 17.8 Å². The van der Waals surface area contributed by atoms with E-state index in [0.29, 0.717) is 25.3 Å². The Labute approximate surface area is 216 Å². The lowest BCUT2D eigenvalue weighted by Gasteiger charge is -2.30. The maximum atomic E-state index is 13.8. The summed E-state index contributed by atoms with van der Waals surface area (Å²) in [5.41, 5.74) is 3.26. The fourth-order valence-electron chi connectivity index (χ4n) is 4.45. The van der Waals surface area contributed by atoms with Crippen molar-refractivity contribution in [3.05, 3.63) is 102 Å². The molecule has 0 saturated carbocycles. The van der Waals surface area contributed by atoms with Crippen LogP contribution in [0, 0.1) is 5.82 Å². The summed E-state index contributed by atoms with van der Waals surface area (Å²) < 4.78 is 19.3. The number of carbonyl (C=O) groups is 2. The molecule has 0 aliphatic heterocycles. The van der Waals surface area contributed by atoms with Gasteiger partial charge in [-0.1, -0.05) is 42.5 Å². The summed E-state index contributed by atoms with van der Waals surface area (Å²) in [5.74, 6) is -0.359. The van der Waals surface area contributed by atoms with Crippen molar-refractivity contribution in [1.29, 1.82) is 0 Å². The second kappa shape index (κ2) is 11.7. The van der Waals surface area contributed by atoms with Crippen molar-refractivity contribution >= 4 is 22.7 Å². The average molecular weight is 502 g/mol. The Kier molecular flexibility index (Phi) is 8.23. The van der Waals surface area contributed by atoms with E-state index in [1.807, 2.05) is 62.5 Å². The van der Waals surface area contributed by atoms with E-state index < -0.39 is 5.82 Å². The molecule has 3 aromatic carbocycles. The summed E-state index contributed by atoms with van der Waals surface area (Å²) in [6, 6.07) is 21.0. The summed E-state index contributed by atoms with van der Waals surface area (Å²) in [4.78, 5) is 33.4. The monoisotopic (exact) mass is 501 g/mol. The quantitative estimate of drug-likeness (QED) is 0.315. The van der Waals surface area contributed by atoms with Crippen molar-refractivity contribution in [3.8, 4) is 5.75 Å². The van der Waals surface area contributed by atoms with Gasteiger partial charge in [-0.25, -0.2) is 4.39 Å². The number of aromatic nitrogens is 1. The number of rotatable bonds is 10. The number of carbonyl (C=O) groups excluding carboxylic acids is 2. The first kappa shape index (κ1) is 25.9. The van der Waals surface area contributed by atoms with Crippen LogP contribution >= 0.6 is 0 Å². The number of nitrogens with one attached hydrogen (secondary N) is 1. The molecule has 1 N–H and O–H groups in total. The number of fused-ring (bicyclic) bond motifs is 1. The number of ether oxygens (including phenoxy) is 1. The lowest BCUT2D eigenvalue weighted by atomic mass is 10.1. The van der Waals surface area contributed by atoms with Crippen LogP contribution in [0.2, 0.25) is 0 Å². The van der Waals surface area contributed by atoms with Crippen molar-refractivity contribution in [2.75, 3.05) is 20.2 Å². The Morgan fingerprint density at radius 3 is 2.49 bits per heavy atom. The maximum Gasteiger partial charge on any atom is 0.254 e. The van der Waals surface area contributed by atoms with Crippen LogP contribution in [-0.4, -0.2) is 52.8 Å². The van der Waals surface area contributed by atoms with Gasteiger partial charge in [0, 0.05) is 47.4 Å². The summed E-state index contributed by atoms with van der Waals surface area (Å²) in [6.07, 6.45) is 2.62. The standard InChI is InChI=1S/C30H32FN3O3/c1-21(2)34(30(36)22-10-8-11-25(31)17-22)20-29(35)33(19-24-9-4-7-14-28(24)37-3)16-15-23-18-32-27-13-6-5-12-26(23)27/h4-14,17-18,21,32H,15-16,19-20H2,1-3H3. The Morgan fingerprint density at radius 2 is 1.73 bits per heavy atom. The van der Waals surface area contributed by atoms with Crippen molar-refractivity contribution in [3.63, 3.8) is 0 Å². The SMILES string of the molecule is COc1ccccc1CN(CCc1c[nH]c2ccccc12)C(=O)CN(C(=O)c1cccc(F)c1)C(C)C. The van der Waals surface area contributed by atoms with E-state index in [2.05, 4.69) is 11.1 Å². The van der Waals surface area contributed by atoms with Gasteiger partial charge >= 0.3 is 0 Å². The molecular weight excluding hydrogens is 469 g/mol. The summed E-state index contributed by atoms with van der Waals surface area (Å²) >= 11 is 0. The highest BCUT2D eigenvalue weighted by molar-refractivity contribution is 5.96. The molecule has 0 atom stereocenters. The molecule has 0 radical (unpaired) electrons. The highest BCUT2D eigenvalue weighted by atomic mass is 19.1. The van der Waals surface area contributed by atoms with Gasteiger partial charge in [0.25, 0.3) is 5.91 Å². The van der Waals surface area contributed by atoms with Crippen molar-refractivity contribution in [2.24, 2.45) is 0 Å². The highest BCUT2D eigenvalue weighted by Gasteiger charge is 2.25. The molecular formula is C30H32FN3O3. The molecule has 0 saturated heterocycles. The fourth-order valence-corrected chi connectivity index (χ4v) is 4.45. The maximum absolute atomic E-state index is 13.8. The van der Waals surface area contributed by atoms with Gasteiger partial charge in [-0.05, 0) is 56.2 Å². The van der Waals surface area contributed by atoms with Gasteiger partial charge in [-0.2, -0.15) is 0 Å². The molecule has 1 heterocycles. The second-order valence-corrected chi connectivity index (χ2v) is 9.27. The summed E-state index contributed by atoms with van der Waals surface area (Å²) in [7, 11) is 1.61. The first-order valence-electron chi connectivity index (χ1n) is 12.4. The van der Waals surface area contributed by atoms with E-state index in [4.69, 9.17) is 4.74 Å². The molecule has 4 rings (SSSR count). The normalized spacial score (nSPS) is 11.1. The van der Waals surface area contributed by atoms with Crippen LogP contribution in [0.1, 0.15) is 35.3 Å². The highest BCUT2D eigenvalue weighted by Crippen LogP contribution is 2.22. The molecule has 0 aliphatic rings. The molecule has 4 aromatic rings. The Bertz CT molecular complexity index is 1380. The molecule has 0 spiro atoms. The molecule has 0 fully saturated rings. The largest absolute Gasteiger partial charge is 0.496 e. The Morgan fingerprint density at radius 1 is 0.973 bits per heavy atom. The number of methoxy groups -OCH3 is 1. The van der Waals surface area contributed by atoms with Crippen LogP contribution in [0.15, 0.2) is 79.0 Å². The minimum Gasteiger partial charge on any atom is -0.496 e. The third kappa shape index (κ3) is 6.17. The number of nitrogens with zero attached hydrogens (tertiary/aromatic N) is 2. The molecule has 0 bridgehead atoms. The number of H-pyrrole nitrogens is 1. The van der Waals surface area contributed by atoms with Gasteiger partial charge in [0.1, 0.15) is 18.1 Å². The van der Waals surface area contributed by atoms with Crippen LogP contribution < -0.4 is 4.74 Å². The molecule has 192 valence electrons. The van der Waals surface area contributed by atoms with Gasteiger partial charge < -0.3 is 19.5 Å². The van der Waals surface area contributed by atoms with Crippen LogP contribution in [0.25, 0.3) is 10.9 Å². The lowest BCUT2D eigenvalue weighted by molar-refractivity contribution is -0.132. The zero-order valence-electron chi connectivity index (χ0n) is 21.4. The number of amides is 2. The third-order valence-corrected chi connectivity index (χ3v) is 6.49. The number of para-hydroxylation sites is 2. The third-order valence-electron chi connectivity index (χ3n) is 6.49. The summed E-state index contributed by atoms with van der Waals surface area (Å²) in [5, 5.41) is 1.12. The fraction of sp³-hybridized carbons (Fsp3) is 0.267. The van der Waals surface area contributed by atoms with Crippen LogP contribution in [0.4, 0.5) is 4.39 Å². The number of hydrogen-bond acceptors (Lipinski definition) is 3. The topological polar surface area (TPSA) is 65.6 Å². The molecule has 0 unspecified atom stereocenters. The minimum absolute atomic E-state index is 0.115. The molecule has 1 aromatic heterocycles. The van der Waals surface area contributed by atoms with E-state index in [0.717, 1.165) is 22.0 Å². The molecule has 6 nitrogen and oxygen atoms in total. The first-order valence-corrected chi connectivity index (χ1v) is 12.4. The zero-order valence-corrected chi connectivity index (χ0v) is 21.4. The van der Waals surface area contributed by atoms with Crippen LogP contribution in [0.3, 0.4) is 0 Å². The summed E-state index contributed by atoms with van der Waals surface area (Å²) in [6.45, 7) is 4.38. The van der Waals surface area contributed by atoms with E-state index in [9.17, 15) is 14.0 Å². The number of aromatic amines is 1. The lowest BCUT2D eigenvalue weighted by Crippen LogP contribution is -2.46. The number of benzene rings is 3. The van der Waals surface area contributed by atoms with E-state index in [1.165, 1.54) is 23.1 Å². The average Bonchev–Trinajstić information content (AvgIpc) is 3.32. The van der Waals surface area contributed by atoms with Gasteiger partial charge in [0.05, 0.1) is 7.11 Å². The second-order valence-electron chi connectivity index (χ2n) is 9.27. The van der Waals surface area contributed by atoms with Gasteiger partial charge in [0.2, 0.25) is 5.91 Å². The predicted octanol–water partition coefficient (Wildman–Crippen LogP) is 5.44. The van der Waals surface area contributed by atoms with Crippen molar-refractivity contribution < 1.29 is 18.7 Å². The Balaban J connectivity index is 1.58. The van der Waals surface area contributed by atoms with Crippen molar-refractivity contribution in [1.82, 2.24) is 14.8 Å². The van der Waals surface area contributed by atoms with Crippen LogP contribution in [0.5, 0.6) is 5.75 Å². The van der Waals surface area contributed by atoms with Gasteiger partial charge in [-0.3, -0.25) is 9.59 Å². The van der Waals surface area contributed by atoms with Gasteiger partial charge in [0.15, 0.2) is 0 Å². The van der Waals surface area contributed by atoms with Crippen molar-refractivity contribution in [2.45, 2.75) is 32.9 Å². The Hall–Kier alpha value is -4.13. The number of hydrogen-bond donors (Lipinski definition) is 1. The predicted molar refractivity (Wildman–Crippen MR) is 143 cm³/mol. The molecule has 2 amide bonds. The number of halogens is 1. The van der Waals surface area contributed by atoms with E-state index >= 15 is 0 Å². The molecule has 37 heavy (non-hydrogen) atoms. The molecule has 0 aliphatic carbocycles. The first-order chi connectivity index (χ1) is 17.9.